The fourth-order valence-corrected chi connectivity index (χ4v) is 5.63. The van der Waals surface area contributed by atoms with Crippen molar-refractivity contribution in [1.29, 1.82) is 0 Å². The van der Waals surface area contributed by atoms with Crippen molar-refractivity contribution in [3.63, 3.8) is 0 Å². The molecule has 5 rings (SSSR count). The number of ether oxygens (including phenoxy) is 2. The Bertz CT molecular complexity index is 1200. The lowest BCUT2D eigenvalue weighted by Crippen LogP contribution is -2.54. The van der Waals surface area contributed by atoms with Gasteiger partial charge in [0.15, 0.2) is 11.5 Å². The zero-order chi connectivity index (χ0) is 25.0. The van der Waals surface area contributed by atoms with Gasteiger partial charge in [0.1, 0.15) is 11.6 Å². The van der Waals surface area contributed by atoms with E-state index in [0.29, 0.717) is 30.2 Å². The van der Waals surface area contributed by atoms with Crippen molar-refractivity contribution in [3.05, 3.63) is 89.7 Å². The van der Waals surface area contributed by atoms with Gasteiger partial charge in [-0.2, -0.15) is 0 Å². The van der Waals surface area contributed by atoms with Crippen LogP contribution < -0.4 is 9.47 Å². The number of amides is 1. The Morgan fingerprint density at radius 3 is 2.31 bits per heavy atom. The van der Waals surface area contributed by atoms with Crippen LogP contribution in [0.2, 0.25) is 0 Å². The molecule has 36 heavy (non-hydrogen) atoms. The monoisotopic (exact) mass is 488 g/mol. The molecule has 5 nitrogen and oxygen atoms in total. The molecule has 3 aromatic rings. The molecule has 188 valence electrons. The average Bonchev–Trinajstić information content (AvgIpc) is 3.40. The fourth-order valence-electron chi connectivity index (χ4n) is 5.63. The van der Waals surface area contributed by atoms with Gasteiger partial charge in [0.2, 0.25) is 5.91 Å². The number of hydrogen-bond acceptors (Lipinski definition) is 4. The Kier molecular flexibility index (Phi) is 7.23. The highest BCUT2D eigenvalue weighted by Crippen LogP contribution is 2.43. The van der Waals surface area contributed by atoms with Crippen LogP contribution in [-0.2, 0) is 16.8 Å². The topological polar surface area (TPSA) is 42.0 Å². The van der Waals surface area contributed by atoms with Crippen molar-refractivity contribution in [2.24, 2.45) is 0 Å². The molecule has 3 aromatic carbocycles. The fraction of sp³-hybridized carbons (Fsp3) is 0.367. The zero-order valence-corrected chi connectivity index (χ0v) is 20.8. The van der Waals surface area contributed by atoms with E-state index in [1.54, 1.807) is 19.2 Å². The Morgan fingerprint density at radius 1 is 0.889 bits per heavy atom. The number of halogens is 1. The van der Waals surface area contributed by atoms with E-state index in [4.69, 9.17) is 9.47 Å². The van der Waals surface area contributed by atoms with Crippen molar-refractivity contribution < 1.29 is 18.7 Å². The van der Waals surface area contributed by atoms with Gasteiger partial charge in [-0.05, 0) is 48.7 Å². The quantitative estimate of drug-likeness (QED) is 0.423. The SMILES string of the molecule is COc1ccccc1Oc1cccc(CN2CCN(C(=O)C3(c4ccccc4F)CCCC3)CC2)c1. The van der Waals surface area contributed by atoms with Gasteiger partial charge in [-0.1, -0.05) is 55.3 Å². The minimum Gasteiger partial charge on any atom is -0.493 e. The first-order chi connectivity index (χ1) is 17.6. The van der Waals surface area contributed by atoms with Crippen LogP contribution in [0.25, 0.3) is 0 Å². The summed E-state index contributed by atoms with van der Waals surface area (Å²) in [7, 11) is 1.63. The molecule has 1 aliphatic carbocycles. The molecule has 1 heterocycles. The summed E-state index contributed by atoms with van der Waals surface area (Å²) in [6, 6.07) is 22.5. The maximum atomic E-state index is 14.7. The molecule has 2 aliphatic rings. The molecule has 0 radical (unpaired) electrons. The first-order valence-electron chi connectivity index (χ1n) is 12.8. The van der Waals surface area contributed by atoms with Crippen LogP contribution in [0.5, 0.6) is 17.2 Å². The van der Waals surface area contributed by atoms with Crippen LogP contribution in [0, 0.1) is 5.82 Å². The number of methoxy groups -OCH3 is 1. The number of carbonyl (C=O) groups excluding carboxylic acids is 1. The standard InChI is InChI=1S/C30H33FN2O3/c1-35-27-13-4-5-14-28(27)36-24-10-8-9-23(21-24)22-32-17-19-33(20-18-32)29(34)30(15-6-7-16-30)25-11-2-3-12-26(25)31/h2-5,8-14,21H,6-7,15-20,22H2,1H3. The summed E-state index contributed by atoms with van der Waals surface area (Å²) in [5.41, 5.74) is 1.01. The van der Waals surface area contributed by atoms with Gasteiger partial charge >= 0.3 is 0 Å². The number of nitrogens with zero attached hydrogens (tertiary/aromatic N) is 2. The van der Waals surface area contributed by atoms with Gasteiger partial charge in [0, 0.05) is 38.3 Å². The van der Waals surface area contributed by atoms with E-state index in [2.05, 4.69) is 17.0 Å². The molecule has 2 fully saturated rings. The van der Waals surface area contributed by atoms with Crippen LogP contribution in [0.3, 0.4) is 0 Å². The lowest BCUT2D eigenvalue weighted by molar-refractivity contribution is -0.139. The van der Waals surface area contributed by atoms with E-state index >= 15 is 0 Å². The lowest BCUT2D eigenvalue weighted by atomic mass is 9.77. The summed E-state index contributed by atoms with van der Waals surface area (Å²) in [6.07, 6.45) is 3.39. The van der Waals surface area contributed by atoms with Crippen molar-refractivity contribution >= 4 is 5.91 Å². The summed E-state index contributed by atoms with van der Waals surface area (Å²) >= 11 is 0. The van der Waals surface area contributed by atoms with Crippen LogP contribution in [0.4, 0.5) is 4.39 Å². The van der Waals surface area contributed by atoms with Crippen molar-refractivity contribution in [2.45, 2.75) is 37.6 Å². The second kappa shape index (κ2) is 10.7. The second-order valence-electron chi connectivity index (χ2n) is 9.74. The summed E-state index contributed by atoms with van der Waals surface area (Å²) in [5, 5.41) is 0. The Hall–Kier alpha value is -3.38. The molecule has 0 unspecified atom stereocenters. The van der Waals surface area contributed by atoms with Crippen LogP contribution >= 0.6 is 0 Å². The molecule has 0 bridgehead atoms. The first-order valence-corrected chi connectivity index (χ1v) is 12.8. The summed E-state index contributed by atoms with van der Waals surface area (Å²) in [6.45, 7) is 3.68. The van der Waals surface area contributed by atoms with Gasteiger partial charge in [0.25, 0.3) is 0 Å². The lowest BCUT2D eigenvalue weighted by Gasteiger charge is -2.40. The van der Waals surface area contributed by atoms with Crippen LogP contribution in [0.1, 0.15) is 36.8 Å². The normalized spacial score (nSPS) is 17.7. The highest BCUT2D eigenvalue weighted by Gasteiger charge is 2.46. The Balaban J connectivity index is 1.22. The number of para-hydroxylation sites is 2. The van der Waals surface area contributed by atoms with Crippen molar-refractivity contribution in [2.75, 3.05) is 33.3 Å². The molecule has 1 saturated heterocycles. The molecule has 6 heteroatoms. The van der Waals surface area contributed by atoms with E-state index in [-0.39, 0.29) is 11.7 Å². The maximum absolute atomic E-state index is 14.7. The number of carbonyl (C=O) groups is 1. The van der Waals surface area contributed by atoms with Crippen LogP contribution in [-0.4, -0.2) is 49.0 Å². The predicted molar refractivity (Wildman–Crippen MR) is 138 cm³/mol. The average molecular weight is 489 g/mol. The number of rotatable bonds is 7. The summed E-state index contributed by atoms with van der Waals surface area (Å²) in [4.78, 5) is 18.0. The van der Waals surface area contributed by atoms with Crippen molar-refractivity contribution in [1.82, 2.24) is 9.80 Å². The third-order valence-corrected chi connectivity index (χ3v) is 7.52. The van der Waals surface area contributed by atoms with E-state index in [1.807, 2.05) is 47.4 Å². The highest BCUT2D eigenvalue weighted by atomic mass is 19.1. The van der Waals surface area contributed by atoms with Gasteiger partial charge in [-0.15, -0.1) is 0 Å². The van der Waals surface area contributed by atoms with Gasteiger partial charge in [0.05, 0.1) is 12.5 Å². The third-order valence-electron chi connectivity index (χ3n) is 7.52. The molecule has 1 saturated carbocycles. The van der Waals surface area contributed by atoms with Crippen molar-refractivity contribution in [3.8, 4) is 17.2 Å². The van der Waals surface area contributed by atoms with E-state index in [0.717, 1.165) is 56.6 Å². The van der Waals surface area contributed by atoms with Gasteiger partial charge < -0.3 is 14.4 Å². The molecule has 0 spiro atoms. The third kappa shape index (κ3) is 4.96. The molecular formula is C30H33FN2O3. The summed E-state index contributed by atoms with van der Waals surface area (Å²) in [5.74, 6) is 1.97. The van der Waals surface area contributed by atoms with Gasteiger partial charge in [-0.3, -0.25) is 9.69 Å². The molecule has 1 amide bonds. The summed E-state index contributed by atoms with van der Waals surface area (Å²) < 4.78 is 26.2. The first kappa shape index (κ1) is 24.3. The molecule has 0 atom stereocenters. The zero-order valence-electron chi connectivity index (χ0n) is 20.8. The Morgan fingerprint density at radius 2 is 1.58 bits per heavy atom. The smallest absolute Gasteiger partial charge is 0.233 e. The number of benzene rings is 3. The molecule has 0 aromatic heterocycles. The van der Waals surface area contributed by atoms with E-state index in [9.17, 15) is 9.18 Å². The maximum Gasteiger partial charge on any atom is 0.233 e. The second-order valence-corrected chi connectivity index (χ2v) is 9.74. The van der Waals surface area contributed by atoms with E-state index < -0.39 is 5.41 Å². The minimum absolute atomic E-state index is 0.0944. The minimum atomic E-state index is -0.711. The molecule has 1 aliphatic heterocycles. The Labute approximate surface area is 212 Å². The molecular weight excluding hydrogens is 455 g/mol. The van der Waals surface area contributed by atoms with Gasteiger partial charge in [-0.25, -0.2) is 4.39 Å². The van der Waals surface area contributed by atoms with E-state index in [1.165, 1.54) is 6.07 Å². The largest absolute Gasteiger partial charge is 0.493 e. The molecule has 0 N–H and O–H groups in total. The highest BCUT2D eigenvalue weighted by molar-refractivity contribution is 5.89. The number of piperazine rings is 1. The number of hydrogen-bond donors (Lipinski definition) is 0. The van der Waals surface area contributed by atoms with Crippen LogP contribution in [0.15, 0.2) is 72.8 Å². The predicted octanol–water partition coefficient (Wildman–Crippen LogP) is 5.78.